The minimum Gasteiger partial charge on any atom is -0.385 e. The molecule has 0 heterocycles. The molecule has 2 aromatic rings. The molecule has 23 heavy (non-hydrogen) atoms. The number of aliphatic hydroxyl groups is 2. The van der Waals surface area contributed by atoms with Crippen LogP contribution in [-0.4, -0.2) is 10.2 Å². The summed E-state index contributed by atoms with van der Waals surface area (Å²) in [5, 5.41) is 22.6. The molecule has 0 radical (unpaired) electrons. The van der Waals surface area contributed by atoms with Gasteiger partial charge in [0, 0.05) is 0 Å². The van der Waals surface area contributed by atoms with Crippen molar-refractivity contribution >= 4 is 0 Å². The molecule has 0 aromatic heterocycles. The molecule has 2 aliphatic carbocycles. The van der Waals surface area contributed by atoms with Gasteiger partial charge in [-0.25, -0.2) is 0 Å². The zero-order valence-electron chi connectivity index (χ0n) is 13.4. The van der Waals surface area contributed by atoms with Crippen LogP contribution in [-0.2, 0) is 11.2 Å². The third-order valence-corrected chi connectivity index (χ3v) is 6.22. The van der Waals surface area contributed by atoms with E-state index in [4.69, 9.17) is 0 Å². The van der Waals surface area contributed by atoms with Crippen LogP contribution in [0.3, 0.4) is 0 Å². The Kier molecular flexibility index (Phi) is 3.55. The van der Waals surface area contributed by atoms with Gasteiger partial charge in [-0.1, -0.05) is 60.7 Å². The van der Waals surface area contributed by atoms with Crippen LogP contribution in [0.2, 0.25) is 0 Å². The lowest BCUT2D eigenvalue weighted by Gasteiger charge is -2.53. The van der Waals surface area contributed by atoms with Gasteiger partial charge >= 0.3 is 0 Å². The maximum absolute atomic E-state index is 11.3. The fourth-order valence-electron chi connectivity index (χ4n) is 4.86. The molecule has 2 bridgehead atoms. The second kappa shape index (κ2) is 5.47. The lowest BCUT2D eigenvalue weighted by Crippen LogP contribution is -2.50. The smallest absolute Gasteiger partial charge is 0.0924 e. The summed E-state index contributed by atoms with van der Waals surface area (Å²) >= 11 is 0. The van der Waals surface area contributed by atoms with E-state index in [1.807, 2.05) is 60.7 Å². The highest BCUT2D eigenvalue weighted by atomic mass is 16.3. The molecule has 0 aliphatic heterocycles. The molecule has 0 saturated heterocycles. The first-order chi connectivity index (χ1) is 11.1. The highest BCUT2D eigenvalue weighted by Gasteiger charge is 2.53. The quantitative estimate of drug-likeness (QED) is 0.881. The Hall–Kier alpha value is -1.64. The van der Waals surface area contributed by atoms with Crippen LogP contribution in [0.15, 0.2) is 60.7 Å². The zero-order valence-corrected chi connectivity index (χ0v) is 13.4. The molecule has 2 aliphatic rings. The van der Waals surface area contributed by atoms with Gasteiger partial charge in [0.2, 0.25) is 0 Å². The molecule has 2 nitrogen and oxygen atoms in total. The molecule has 0 unspecified atom stereocenters. The van der Waals surface area contributed by atoms with Gasteiger partial charge in [-0.05, 0) is 55.1 Å². The molecular formula is C21H24O2. The van der Waals surface area contributed by atoms with Crippen molar-refractivity contribution in [3.63, 3.8) is 0 Å². The largest absolute Gasteiger partial charge is 0.385 e. The number of hydrogen-bond donors (Lipinski definition) is 2. The van der Waals surface area contributed by atoms with Crippen molar-refractivity contribution in [1.29, 1.82) is 0 Å². The van der Waals surface area contributed by atoms with Crippen LogP contribution in [0.1, 0.15) is 43.2 Å². The van der Waals surface area contributed by atoms with Gasteiger partial charge in [-0.2, -0.15) is 0 Å². The van der Waals surface area contributed by atoms with E-state index in [0.29, 0.717) is 0 Å². The van der Waals surface area contributed by atoms with Crippen molar-refractivity contribution in [3.8, 4) is 0 Å². The van der Waals surface area contributed by atoms with Crippen LogP contribution in [0, 0.1) is 11.8 Å². The predicted octanol–water partition coefficient (Wildman–Crippen LogP) is 3.97. The molecule has 2 aromatic carbocycles. The van der Waals surface area contributed by atoms with E-state index < -0.39 is 11.2 Å². The van der Waals surface area contributed by atoms with E-state index in [2.05, 4.69) is 0 Å². The number of benzene rings is 2. The van der Waals surface area contributed by atoms with E-state index in [1.54, 1.807) is 0 Å². The van der Waals surface area contributed by atoms with E-state index in [0.717, 1.165) is 43.2 Å². The minimum atomic E-state index is -0.726. The average Bonchev–Trinajstić information content (AvgIpc) is 2.62. The van der Waals surface area contributed by atoms with E-state index in [-0.39, 0.29) is 11.8 Å². The lowest BCUT2D eigenvalue weighted by molar-refractivity contribution is -0.155. The molecule has 4 atom stereocenters. The summed E-state index contributed by atoms with van der Waals surface area (Å²) in [7, 11) is 0. The van der Waals surface area contributed by atoms with Gasteiger partial charge in [0.25, 0.3) is 0 Å². The van der Waals surface area contributed by atoms with Crippen molar-refractivity contribution in [3.05, 3.63) is 71.8 Å². The van der Waals surface area contributed by atoms with E-state index in [9.17, 15) is 10.2 Å². The topological polar surface area (TPSA) is 40.5 Å². The van der Waals surface area contributed by atoms with Crippen LogP contribution < -0.4 is 0 Å². The van der Waals surface area contributed by atoms with Crippen molar-refractivity contribution in [2.75, 3.05) is 0 Å². The highest BCUT2D eigenvalue weighted by molar-refractivity contribution is 5.28. The summed E-state index contributed by atoms with van der Waals surface area (Å²) in [6, 6.07) is 20.2. The van der Waals surface area contributed by atoms with Crippen LogP contribution in [0.4, 0.5) is 0 Å². The third kappa shape index (κ3) is 2.32. The van der Waals surface area contributed by atoms with Gasteiger partial charge in [0.15, 0.2) is 0 Å². The fourth-order valence-corrected chi connectivity index (χ4v) is 4.86. The number of hydrogen-bond acceptors (Lipinski definition) is 2. The van der Waals surface area contributed by atoms with Crippen LogP contribution >= 0.6 is 0 Å². The Morgan fingerprint density at radius 1 is 0.652 bits per heavy atom. The molecule has 2 fully saturated rings. The van der Waals surface area contributed by atoms with Crippen LogP contribution in [0.5, 0.6) is 0 Å². The first-order valence-corrected chi connectivity index (χ1v) is 8.69. The Morgan fingerprint density at radius 3 is 1.43 bits per heavy atom. The summed E-state index contributed by atoms with van der Waals surface area (Å²) in [5.41, 5.74) is 0.619. The fraction of sp³-hybridized carbons (Fsp3) is 0.429. The van der Waals surface area contributed by atoms with Gasteiger partial charge in [-0.3, -0.25) is 0 Å². The van der Waals surface area contributed by atoms with E-state index in [1.165, 1.54) is 0 Å². The molecular weight excluding hydrogens is 284 g/mol. The molecule has 4 rings (SSSR count). The normalized spacial score (nSPS) is 36.6. The molecule has 2 heteroatoms. The highest BCUT2D eigenvalue weighted by Crippen LogP contribution is 2.56. The monoisotopic (exact) mass is 308 g/mol. The van der Waals surface area contributed by atoms with Crippen molar-refractivity contribution in [2.24, 2.45) is 11.8 Å². The minimum absolute atomic E-state index is 0.243. The second-order valence-electron chi connectivity index (χ2n) is 7.29. The van der Waals surface area contributed by atoms with Crippen molar-refractivity contribution in [2.45, 2.75) is 43.3 Å². The SMILES string of the molecule is O[C@@]1(c2ccccc2)CC[C@H]2C[C@H]1CC[C@@]2(O)c1ccccc1. The molecule has 120 valence electrons. The predicted molar refractivity (Wildman–Crippen MR) is 90.7 cm³/mol. The second-order valence-corrected chi connectivity index (χ2v) is 7.29. The Balaban J connectivity index is 1.62. The third-order valence-electron chi connectivity index (χ3n) is 6.22. The Morgan fingerprint density at radius 2 is 1.04 bits per heavy atom. The standard InChI is InChI=1S/C21H24O2/c22-20(16-7-3-1-4-8-16)13-11-19-15-18(20)12-14-21(19,23)17-9-5-2-6-10-17/h1-10,18-19,22-23H,11-15H2/t18-,19+,20-,21-/m1/s1. The summed E-state index contributed by atoms with van der Waals surface area (Å²) in [4.78, 5) is 0. The maximum atomic E-state index is 11.3. The van der Waals surface area contributed by atoms with Crippen molar-refractivity contribution < 1.29 is 10.2 Å². The van der Waals surface area contributed by atoms with Gasteiger partial charge in [0.1, 0.15) is 0 Å². The lowest BCUT2D eigenvalue weighted by atomic mass is 9.56. The molecule has 0 amide bonds. The molecule has 0 spiro atoms. The number of rotatable bonds is 2. The summed E-state index contributed by atoms with van der Waals surface area (Å²) in [5.74, 6) is 0.486. The first-order valence-electron chi connectivity index (χ1n) is 8.69. The Labute approximate surface area is 137 Å². The van der Waals surface area contributed by atoms with Crippen molar-refractivity contribution in [1.82, 2.24) is 0 Å². The Bertz CT molecular complexity index is 609. The summed E-state index contributed by atoms with van der Waals surface area (Å²) in [6.07, 6.45) is 4.11. The maximum Gasteiger partial charge on any atom is 0.0924 e. The summed E-state index contributed by atoms with van der Waals surface area (Å²) < 4.78 is 0. The molecule has 2 N–H and O–H groups in total. The molecule has 2 saturated carbocycles. The van der Waals surface area contributed by atoms with Gasteiger partial charge < -0.3 is 10.2 Å². The van der Waals surface area contributed by atoms with Crippen LogP contribution in [0.25, 0.3) is 0 Å². The van der Waals surface area contributed by atoms with Gasteiger partial charge in [0.05, 0.1) is 11.2 Å². The van der Waals surface area contributed by atoms with E-state index >= 15 is 0 Å². The van der Waals surface area contributed by atoms with Gasteiger partial charge in [-0.15, -0.1) is 0 Å². The first kappa shape index (κ1) is 14.9. The summed E-state index contributed by atoms with van der Waals surface area (Å²) in [6.45, 7) is 0. The zero-order chi connectivity index (χ0) is 15.9. The number of fused-ring (bicyclic) bond motifs is 2. The average molecular weight is 308 g/mol.